The number of rotatable bonds is 4. The van der Waals surface area contributed by atoms with Gasteiger partial charge in [0.1, 0.15) is 5.69 Å². The van der Waals surface area contributed by atoms with Crippen LogP contribution in [0.2, 0.25) is 5.15 Å². The van der Waals surface area contributed by atoms with E-state index in [1.165, 1.54) is 0 Å². The van der Waals surface area contributed by atoms with Gasteiger partial charge in [0.05, 0.1) is 5.69 Å². The quantitative estimate of drug-likeness (QED) is 0.874. The van der Waals surface area contributed by atoms with Crippen molar-refractivity contribution in [3.05, 3.63) is 29.4 Å². The lowest BCUT2D eigenvalue weighted by Crippen LogP contribution is -2.26. The zero-order chi connectivity index (χ0) is 15.7. The molecule has 2 aromatic rings. The molecule has 1 aromatic carbocycles. The summed E-state index contributed by atoms with van der Waals surface area (Å²) in [5.41, 5.74) is 8.29. The summed E-state index contributed by atoms with van der Waals surface area (Å²) in [7, 11) is 4.12. The van der Waals surface area contributed by atoms with Gasteiger partial charge in [-0.3, -0.25) is 0 Å². The van der Waals surface area contributed by atoms with Gasteiger partial charge in [-0.25, -0.2) is 0 Å². The highest BCUT2D eigenvalue weighted by Gasteiger charge is 2.26. The lowest BCUT2D eigenvalue weighted by molar-refractivity contribution is 0.399. The first-order chi connectivity index (χ1) is 10.5. The number of fused-ring (bicyclic) bond motifs is 2. The molecule has 6 nitrogen and oxygen atoms in total. The van der Waals surface area contributed by atoms with E-state index in [0.717, 1.165) is 30.9 Å². The highest BCUT2D eigenvalue weighted by Crippen LogP contribution is 2.46. The summed E-state index contributed by atoms with van der Waals surface area (Å²) in [5, 5.41) is 8.24. The molecule has 0 spiro atoms. The molecule has 0 atom stereocenters. The van der Waals surface area contributed by atoms with E-state index in [4.69, 9.17) is 22.1 Å². The van der Waals surface area contributed by atoms with Gasteiger partial charge in [-0.2, -0.15) is 0 Å². The Morgan fingerprint density at radius 1 is 1.23 bits per heavy atom. The molecule has 0 saturated heterocycles. The van der Waals surface area contributed by atoms with Gasteiger partial charge in [-0.1, -0.05) is 11.6 Å². The molecule has 3 rings (SSSR count). The lowest BCUT2D eigenvalue weighted by Gasteiger charge is -2.32. The first-order valence-corrected chi connectivity index (χ1v) is 7.45. The summed E-state index contributed by atoms with van der Waals surface area (Å²) in [6, 6.07) is 7.40. The summed E-state index contributed by atoms with van der Waals surface area (Å²) in [6.45, 7) is 1.82. The topological polar surface area (TPSA) is 67.5 Å². The Morgan fingerprint density at radius 2 is 2.05 bits per heavy atom. The standard InChI is InChI=1S/C15H18ClN5O/c1-20(2)6-3-7-21-11-5-4-10(17)8-13(11)22-15-12(21)9-14(16)18-19-15/h4-5,8-9H,3,6-7,17H2,1-2H3. The van der Waals surface area contributed by atoms with Gasteiger partial charge in [-0.05, 0) is 39.2 Å². The Labute approximate surface area is 134 Å². The number of hydrogen-bond donors (Lipinski definition) is 1. The van der Waals surface area contributed by atoms with Crippen LogP contribution in [0.5, 0.6) is 11.6 Å². The van der Waals surface area contributed by atoms with Gasteiger partial charge >= 0.3 is 0 Å². The Morgan fingerprint density at radius 3 is 2.82 bits per heavy atom. The first-order valence-electron chi connectivity index (χ1n) is 7.07. The van der Waals surface area contributed by atoms with Crippen molar-refractivity contribution < 1.29 is 4.74 Å². The third-order valence-electron chi connectivity index (χ3n) is 3.47. The van der Waals surface area contributed by atoms with E-state index in [1.807, 2.05) is 12.1 Å². The van der Waals surface area contributed by atoms with Crippen molar-refractivity contribution in [2.75, 3.05) is 37.8 Å². The largest absolute Gasteiger partial charge is 0.434 e. The SMILES string of the molecule is CN(C)CCCN1c2ccc(N)cc2Oc2nnc(Cl)cc21. The van der Waals surface area contributed by atoms with Crippen LogP contribution in [-0.2, 0) is 0 Å². The summed E-state index contributed by atoms with van der Waals surface area (Å²) in [4.78, 5) is 4.31. The number of hydrogen-bond acceptors (Lipinski definition) is 6. The number of nitrogens with two attached hydrogens (primary N) is 1. The van der Waals surface area contributed by atoms with Gasteiger partial charge in [0, 0.05) is 24.4 Å². The average Bonchev–Trinajstić information content (AvgIpc) is 2.46. The minimum absolute atomic E-state index is 0.346. The molecule has 7 heteroatoms. The van der Waals surface area contributed by atoms with Crippen LogP contribution in [0.1, 0.15) is 6.42 Å². The molecular formula is C15H18ClN5O. The van der Waals surface area contributed by atoms with Crippen LogP contribution in [0.3, 0.4) is 0 Å². The zero-order valence-corrected chi connectivity index (χ0v) is 13.3. The van der Waals surface area contributed by atoms with E-state index in [9.17, 15) is 0 Å². The number of benzene rings is 1. The van der Waals surface area contributed by atoms with Crippen LogP contribution >= 0.6 is 11.6 Å². The maximum atomic E-state index is 5.99. The van der Waals surface area contributed by atoms with Gasteiger partial charge in [0.2, 0.25) is 0 Å². The van der Waals surface area contributed by atoms with Gasteiger partial charge in [0.25, 0.3) is 5.88 Å². The molecule has 0 amide bonds. The second kappa shape index (κ2) is 5.98. The molecule has 1 aromatic heterocycles. The second-order valence-corrected chi connectivity index (χ2v) is 5.88. The molecule has 0 unspecified atom stereocenters. The fourth-order valence-electron chi connectivity index (χ4n) is 2.47. The normalized spacial score (nSPS) is 12.8. The zero-order valence-electron chi connectivity index (χ0n) is 12.6. The Hall–Kier alpha value is -2.05. The molecule has 1 aliphatic rings. The van der Waals surface area contributed by atoms with E-state index in [2.05, 4.69) is 34.1 Å². The molecule has 0 radical (unpaired) electrons. The molecule has 2 N–H and O–H groups in total. The second-order valence-electron chi connectivity index (χ2n) is 5.50. The van der Waals surface area contributed by atoms with Crippen molar-refractivity contribution in [1.29, 1.82) is 0 Å². The van der Waals surface area contributed by atoms with E-state index < -0.39 is 0 Å². The molecule has 116 valence electrons. The summed E-state index contributed by atoms with van der Waals surface area (Å²) >= 11 is 5.99. The number of ether oxygens (including phenoxy) is 1. The minimum Gasteiger partial charge on any atom is -0.434 e. The van der Waals surface area contributed by atoms with E-state index in [0.29, 0.717) is 22.5 Å². The van der Waals surface area contributed by atoms with E-state index >= 15 is 0 Å². The summed E-state index contributed by atoms with van der Waals surface area (Å²) < 4.78 is 5.81. The van der Waals surface area contributed by atoms with Gasteiger partial charge in [0.15, 0.2) is 10.9 Å². The molecular weight excluding hydrogens is 302 g/mol. The molecule has 1 aliphatic heterocycles. The smallest absolute Gasteiger partial charge is 0.263 e. The van der Waals surface area contributed by atoms with E-state index in [1.54, 1.807) is 12.1 Å². The number of anilines is 3. The van der Waals surface area contributed by atoms with Crippen molar-refractivity contribution in [2.45, 2.75) is 6.42 Å². The van der Waals surface area contributed by atoms with Crippen LogP contribution in [0, 0.1) is 0 Å². The van der Waals surface area contributed by atoms with Crippen LogP contribution in [0.25, 0.3) is 0 Å². The minimum atomic E-state index is 0.346. The molecule has 0 bridgehead atoms. The van der Waals surface area contributed by atoms with Crippen molar-refractivity contribution in [3.63, 3.8) is 0 Å². The average molecular weight is 320 g/mol. The summed E-state index contributed by atoms with van der Waals surface area (Å²) in [6.07, 6.45) is 0.996. The number of nitrogen functional groups attached to an aromatic ring is 1. The maximum Gasteiger partial charge on any atom is 0.263 e. The lowest BCUT2D eigenvalue weighted by atomic mass is 10.2. The molecule has 2 heterocycles. The predicted molar refractivity (Wildman–Crippen MR) is 88.1 cm³/mol. The number of halogens is 1. The van der Waals surface area contributed by atoms with Gasteiger partial charge in [-0.15, -0.1) is 10.2 Å². The Balaban J connectivity index is 1.97. The molecule has 0 aliphatic carbocycles. The van der Waals surface area contributed by atoms with Crippen molar-refractivity contribution in [1.82, 2.24) is 15.1 Å². The van der Waals surface area contributed by atoms with Crippen LogP contribution < -0.4 is 15.4 Å². The first kappa shape index (κ1) is 14.9. The third-order valence-corrected chi connectivity index (χ3v) is 3.66. The van der Waals surface area contributed by atoms with Crippen LogP contribution in [0.4, 0.5) is 17.1 Å². The monoisotopic (exact) mass is 319 g/mol. The van der Waals surface area contributed by atoms with Crippen molar-refractivity contribution in [3.8, 4) is 11.6 Å². The predicted octanol–water partition coefficient (Wildman–Crippen LogP) is 2.91. The molecule has 0 fully saturated rings. The fourth-order valence-corrected chi connectivity index (χ4v) is 2.61. The fraction of sp³-hybridized carbons (Fsp3) is 0.333. The van der Waals surface area contributed by atoms with E-state index in [-0.39, 0.29) is 0 Å². The van der Waals surface area contributed by atoms with Crippen LogP contribution in [-0.4, -0.2) is 42.3 Å². The highest BCUT2D eigenvalue weighted by molar-refractivity contribution is 6.29. The van der Waals surface area contributed by atoms with Crippen LogP contribution in [0.15, 0.2) is 24.3 Å². The number of aromatic nitrogens is 2. The van der Waals surface area contributed by atoms with Crippen molar-refractivity contribution >= 4 is 28.7 Å². The Kier molecular flexibility index (Phi) is 4.04. The van der Waals surface area contributed by atoms with Crippen molar-refractivity contribution in [2.24, 2.45) is 0 Å². The molecule has 22 heavy (non-hydrogen) atoms. The molecule has 0 saturated carbocycles. The number of nitrogens with zero attached hydrogens (tertiary/aromatic N) is 4. The maximum absolute atomic E-state index is 5.99. The highest BCUT2D eigenvalue weighted by atomic mass is 35.5. The van der Waals surface area contributed by atoms with Gasteiger partial charge < -0.3 is 20.3 Å². The Bertz CT molecular complexity index is 692. The third kappa shape index (κ3) is 2.93. The summed E-state index contributed by atoms with van der Waals surface area (Å²) in [5.74, 6) is 1.14.